The third-order valence-corrected chi connectivity index (χ3v) is 9.02. The van der Waals surface area contributed by atoms with Crippen LogP contribution in [0.1, 0.15) is 99.6 Å². The Morgan fingerprint density at radius 1 is 0.930 bits per heavy atom. The smallest absolute Gasteiger partial charge is 0.342 e. The third-order valence-electron chi connectivity index (χ3n) is 7.26. The molecule has 0 radical (unpaired) electrons. The van der Waals surface area contributed by atoms with Gasteiger partial charge in [0.05, 0.1) is 11.1 Å². The Kier molecular flexibility index (Phi) is 9.22. The summed E-state index contributed by atoms with van der Waals surface area (Å²) in [6.07, 6.45) is 0.410. The van der Waals surface area contributed by atoms with Crippen molar-refractivity contribution in [3.8, 4) is 11.5 Å². The van der Waals surface area contributed by atoms with Crippen LogP contribution in [-0.4, -0.2) is 30.4 Å². The minimum Gasteiger partial charge on any atom is -0.506 e. The predicted octanol–water partition coefficient (Wildman–Crippen LogP) is 7.90. The molecular weight excluding hydrogens is 636 g/mol. The summed E-state index contributed by atoms with van der Waals surface area (Å²) in [5.74, 6) is -1.55. The lowest BCUT2D eigenvalue weighted by atomic mass is 9.88. The molecule has 0 aliphatic rings. The van der Waals surface area contributed by atoms with Gasteiger partial charge in [-0.25, -0.2) is 4.79 Å². The van der Waals surface area contributed by atoms with Crippen LogP contribution in [0.2, 0.25) is 0 Å². The molecule has 3 aromatic carbocycles. The molecule has 2 N–H and O–H groups in total. The van der Waals surface area contributed by atoms with Crippen LogP contribution in [0.25, 0.3) is 0 Å². The molecule has 0 atom stereocenters. The Labute approximate surface area is 259 Å². The van der Waals surface area contributed by atoms with Gasteiger partial charge in [0.1, 0.15) is 27.9 Å². The molecule has 4 rings (SSSR count). The van der Waals surface area contributed by atoms with Crippen molar-refractivity contribution in [2.45, 2.75) is 64.7 Å². The number of benzene rings is 3. The maximum atomic E-state index is 14.1. The summed E-state index contributed by atoms with van der Waals surface area (Å²) in [6.45, 7) is 11.1. The maximum absolute atomic E-state index is 14.1. The second-order valence-electron chi connectivity index (χ2n) is 11.0. The van der Waals surface area contributed by atoms with Crippen molar-refractivity contribution in [3.63, 3.8) is 0 Å². The number of ketones is 1. The summed E-state index contributed by atoms with van der Waals surface area (Å²) < 4.78 is 39.4. The van der Waals surface area contributed by atoms with Gasteiger partial charge in [0.15, 0.2) is 5.78 Å². The van der Waals surface area contributed by atoms with Gasteiger partial charge in [-0.1, -0.05) is 55.8 Å². The van der Waals surface area contributed by atoms with Crippen molar-refractivity contribution < 1.29 is 36.8 Å². The minimum atomic E-state index is -4.58. The van der Waals surface area contributed by atoms with E-state index in [0.717, 1.165) is 33.8 Å². The molecule has 0 fully saturated rings. The van der Waals surface area contributed by atoms with Gasteiger partial charge >= 0.3 is 16.1 Å². The predicted molar refractivity (Wildman–Crippen MR) is 166 cm³/mol. The second kappa shape index (κ2) is 12.4. The second-order valence-corrected chi connectivity index (χ2v) is 13.5. The van der Waals surface area contributed by atoms with Gasteiger partial charge in [0.2, 0.25) is 0 Å². The number of phenolic OH excluding ortho intramolecular Hbond substituents is 1. The highest BCUT2D eigenvalue weighted by Crippen LogP contribution is 2.40. The molecule has 10 heteroatoms. The van der Waals surface area contributed by atoms with E-state index in [2.05, 4.69) is 15.9 Å². The molecule has 0 spiro atoms. The van der Waals surface area contributed by atoms with E-state index < -0.39 is 26.7 Å². The molecule has 4 aromatic rings. The van der Waals surface area contributed by atoms with Gasteiger partial charge in [-0.2, -0.15) is 8.42 Å². The van der Waals surface area contributed by atoms with Crippen LogP contribution in [-0.2, 0) is 16.5 Å². The van der Waals surface area contributed by atoms with Crippen LogP contribution in [0.5, 0.6) is 11.5 Å². The molecule has 0 bridgehead atoms. The third kappa shape index (κ3) is 6.70. The Bertz CT molecular complexity index is 1800. The number of carboxylic acid groups (broad SMARTS) is 1. The van der Waals surface area contributed by atoms with Crippen molar-refractivity contribution in [2.24, 2.45) is 0 Å². The molecule has 0 aliphatic carbocycles. The molecule has 43 heavy (non-hydrogen) atoms. The largest absolute Gasteiger partial charge is 0.506 e. The van der Waals surface area contributed by atoms with E-state index in [1.54, 1.807) is 12.1 Å². The average molecular weight is 670 g/mol. The van der Waals surface area contributed by atoms with Crippen LogP contribution in [0.3, 0.4) is 0 Å². The number of furan rings is 1. The van der Waals surface area contributed by atoms with Gasteiger partial charge in [-0.3, -0.25) is 4.79 Å². The zero-order valence-corrected chi connectivity index (χ0v) is 27.1. The van der Waals surface area contributed by atoms with Crippen molar-refractivity contribution in [1.29, 1.82) is 0 Å². The number of carbonyl (C=O) groups excluding carboxylic acids is 1. The fourth-order valence-electron chi connectivity index (χ4n) is 4.87. The van der Waals surface area contributed by atoms with E-state index in [9.17, 15) is 28.2 Å². The number of carbonyl (C=O) groups is 2. The highest BCUT2D eigenvalue weighted by molar-refractivity contribution is 9.10. The quantitative estimate of drug-likeness (QED) is 0.129. The normalized spacial score (nSPS) is 11.7. The lowest BCUT2D eigenvalue weighted by molar-refractivity contribution is 0.0696. The number of aryl methyl sites for hydroxylation is 1. The van der Waals surface area contributed by atoms with Crippen LogP contribution in [0.15, 0.2) is 68.4 Å². The standard InChI is InChI=1S/C33H33BrO8S/c1-17(2)25-14-23(31(36)30-19(5)20(6)41-28(30)13-21-8-7-9-24(34)12-21)15-26(18(3)4)32(25)42-43(39,40)29-11-10-22(33(37)38)16-27(29)35/h7-12,14-18,35H,13H2,1-6H3,(H,37,38). The summed E-state index contributed by atoms with van der Waals surface area (Å²) >= 11 is 3.49. The van der Waals surface area contributed by atoms with E-state index in [1.807, 2.05) is 65.8 Å². The Morgan fingerprint density at radius 2 is 1.56 bits per heavy atom. The lowest BCUT2D eigenvalue weighted by Gasteiger charge is -2.21. The molecule has 0 aliphatic heterocycles. The van der Waals surface area contributed by atoms with E-state index in [0.29, 0.717) is 40.2 Å². The number of hydrogen-bond acceptors (Lipinski definition) is 7. The number of halogens is 1. The molecule has 0 amide bonds. The van der Waals surface area contributed by atoms with Crippen molar-refractivity contribution in [2.75, 3.05) is 0 Å². The van der Waals surface area contributed by atoms with Gasteiger partial charge in [0.25, 0.3) is 0 Å². The zero-order valence-electron chi connectivity index (χ0n) is 24.7. The number of aromatic carboxylic acids is 1. The number of aromatic hydroxyl groups is 1. The molecule has 1 aromatic heterocycles. The highest BCUT2D eigenvalue weighted by Gasteiger charge is 2.30. The first-order chi connectivity index (χ1) is 20.1. The molecular formula is C33H33BrO8S. The van der Waals surface area contributed by atoms with Crippen molar-refractivity contribution >= 4 is 37.8 Å². The fraction of sp³-hybridized carbons (Fsp3) is 0.273. The number of rotatable bonds is 10. The van der Waals surface area contributed by atoms with E-state index >= 15 is 0 Å². The molecule has 8 nitrogen and oxygen atoms in total. The topological polar surface area (TPSA) is 131 Å². The first-order valence-electron chi connectivity index (χ1n) is 13.7. The summed E-state index contributed by atoms with van der Waals surface area (Å²) in [5.41, 5.74) is 3.25. The van der Waals surface area contributed by atoms with E-state index in [-0.39, 0.29) is 28.9 Å². The number of phenols is 1. The Hall–Kier alpha value is -3.89. The highest BCUT2D eigenvalue weighted by atomic mass is 79.9. The lowest BCUT2D eigenvalue weighted by Crippen LogP contribution is -2.15. The Morgan fingerprint density at radius 3 is 2.09 bits per heavy atom. The SMILES string of the molecule is Cc1oc(Cc2cccc(Br)c2)c(C(=O)c2cc(C(C)C)c(OS(=O)(=O)c3ccc(C(=O)O)cc3O)c(C(C)C)c2)c1C. The summed E-state index contributed by atoms with van der Waals surface area (Å²) in [4.78, 5) is 24.8. The average Bonchev–Trinajstić information content (AvgIpc) is 3.19. The van der Waals surface area contributed by atoms with Crippen LogP contribution in [0, 0.1) is 13.8 Å². The van der Waals surface area contributed by atoms with E-state index in [1.165, 1.54) is 0 Å². The molecule has 226 valence electrons. The Balaban J connectivity index is 1.82. The number of carboxylic acids is 1. The van der Waals surface area contributed by atoms with Gasteiger partial charge in [-0.15, -0.1) is 0 Å². The maximum Gasteiger partial charge on any atom is 0.342 e. The molecule has 0 saturated carbocycles. The monoisotopic (exact) mass is 668 g/mol. The number of hydrogen-bond donors (Lipinski definition) is 2. The van der Waals surface area contributed by atoms with Crippen molar-refractivity contribution in [1.82, 2.24) is 0 Å². The summed E-state index contributed by atoms with van der Waals surface area (Å²) in [5, 5.41) is 19.5. The summed E-state index contributed by atoms with van der Waals surface area (Å²) in [7, 11) is -4.58. The first-order valence-corrected chi connectivity index (χ1v) is 15.9. The van der Waals surface area contributed by atoms with Gasteiger partial charge < -0.3 is 18.8 Å². The minimum absolute atomic E-state index is 0.0673. The fourth-order valence-corrected chi connectivity index (χ4v) is 6.37. The van der Waals surface area contributed by atoms with Gasteiger partial charge in [-0.05, 0) is 84.8 Å². The first kappa shape index (κ1) is 32.0. The molecule has 0 unspecified atom stereocenters. The molecule has 1 heterocycles. The molecule has 0 saturated heterocycles. The van der Waals surface area contributed by atoms with Crippen molar-refractivity contribution in [3.05, 3.63) is 110 Å². The van der Waals surface area contributed by atoms with E-state index in [4.69, 9.17) is 8.60 Å². The van der Waals surface area contributed by atoms with Crippen LogP contribution < -0.4 is 4.18 Å². The zero-order chi connectivity index (χ0) is 31.8. The van der Waals surface area contributed by atoms with Gasteiger partial charge in [0, 0.05) is 22.0 Å². The van der Waals surface area contributed by atoms with Crippen LogP contribution in [0.4, 0.5) is 0 Å². The van der Waals surface area contributed by atoms with Crippen LogP contribution >= 0.6 is 15.9 Å². The summed E-state index contributed by atoms with van der Waals surface area (Å²) in [6, 6.07) is 14.0.